The van der Waals surface area contributed by atoms with Gasteiger partial charge in [-0.1, -0.05) is 75.4 Å². The molecule has 2 aliphatic heterocycles. The van der Waals surface area contributed by atoms with Gasteiger partial charge in [-0.2, -0.15) is 0 Å². The molecule has 114 heavy (non-hydrogen) atoms. The van der Waals surface area contributed by atoms with Crippen LogP contribution in [0.3, 0.4) is 0 Å². The fraction of sp³-hybridized carbons (Fsp3) is 0.494. The number of aryl methyl sites for hydroxylation is 1. The molecule has 33 heteroatoms. The van der Waals surface area contributed by atoms with E-state index in [0.29, 0.717) is 112 Å². The van der Waals surface area contributed by atoms with E-state index in [-0.39, 0.29) is 117 Å². The molecule has 7 amide bonds. The maximum atomic E-state index is 15.7. The predicted octanol–water partition coefficient (Wildman–Crippen LogP) is 5.79. The van der Waals surface area contributed by atoms with Crippen molar-refractivity contribution in [2.75, 3.05) is 125 Å². The SMILES string of the molecule is CC[C@@]1(O)C(=O)OCc2c1cc1n(c2=O)Cc2c-1nc1cc(F)c(C)c3c1c2[C@@H](NC(=O)[C@H](C)NC(=O)OCc1ccc(NC(=O)[C@H](C)NC(=O)[C@@H](NC(=O)[C@H](CCC(=O)O)NC(=O)OCC2c4ccccc4-c4ccccc42)C(C)C)cc1C(=O)NCCOCCOCCOCCOCCOCCOCCOCCOC)CC3. The fourth-order valence-electron chi connectivity index (χ4n) is 14.0. The van der Waals surface area contributed by atoms with Crippen LogP contribution >= 0.6 is 0 Å². The molecule has 4 aromatic carbocycles. The average molecular weight is 1590 g/mol. The lowest BCUT2D eigenvalue weighted by Crippen LogP contribution is -2.57. The monoisotopic (exact) mass is 1590 g/mol. The number of cyclic esters (lactones) is 1. The molecule has 0 radical (unpaired) electrons. The maximum Gasteiger partial charge on any atom is 0.408 e. The van der Waals surface area contributed by atoms with Crippen LogP contribution < -0.4 is 42.8 Å². The maximum absolute atomic E-state index is 15.7. The molecule has 2 aliphatic carbocycles. The Morgan fingerprint density at radius 2 is 1.26 bits per heavy atom. The van der Waals surface area contributed by atoms with Gasteiger partial charge in [-0.25, -0.2) is 23.8 Å². The van der Waals surface area contributed by atoms with Crippen molar-refractivity contribution >= 4 is 70.3 Å². The number of pyridine rings is 2. The molecule has 0 unspecified atom stereocenters. The molecule has 6 aromatic rings. The summed E-state index contributed by atoms with van der Waals surface area (Å²) >= 11 is 0. The first-order valence-corrected chi connectivity index (χ1v) is 38.2. The van der Waals surface area contributed by atoms with Gasteiger partial charge in [0.05, 0.1) is 134 Å². The quantitative estimate of drug-likeness (QED) is 0.0124. The summed E-state index contributed by atoms with van der Waals surface area (Å²) in [7, 11) is 1.61. The molecule has 9 N–H and O–H groups in total. The van der Waals surface area contributed by atoms with E-state index in [9.17, 15) is 58.2 Å². The first-order chi connectivity index (χ1) is 54.9. The highest BCUT2D eigenvalue weighted by Crippen LogP contribution is 2.47. The Bertz CT molecular complexity index is 4490. The number of carbonyl (C=O) groups excluding carboxylic acids is 8. The van der Waals surface area contributed by atoms with Crippen LogP contribution in [0.2, 0.25) is 0 Å². The lowest BCUT2D eigenvalue weighted by atomic mass is 9.81. The van der Waals surface area contributed by atoms with E-state index in [0.717, 1.165) is 22.3 Å². The molecule has 10 rings (SSSR count). The molecule has 0 spiro atoms. The Hall–Kier alpha value is -10.4. The summed E-state index contributed by atoms with van der Waals surface area (Å²) in [6.45, 7) is 13.7. The second kappa shape index (κ2) is 41.1. The van der Waals surface area contributed by atoms with Gasteiger partial charge in [-0.05, 0) is 110 Å². The van der Waals surface area contributed by atoms with E-state index in [4.69, 9.17) is 57.1 Å². The van der Waals surface area contributed by atoms with Crippen LogP contribution in [0.25, 0.3) is 33.4 Å². The summed E-state index contributed by atoms with van der Waals surface area (Å²) in [6.07, 6.45) is -2.41. The molecule has 0 bridgehead atoms. The second-order valence-electron chi connectivity index (χ2n) is 28.2. The van der Waals surface area contributed by atoms with Crippen molar-refractivity contribution in [3.63, 3.8) is 0 Å². The number of hydrogen-bond donors (Lipinski definition) is 9. The van der Waals surface area contributed by atoms with Crippen LogP contribution in [0, 0.1) is 18.7 Å². The number of halogens is 1. The zero-order valence-corrected chi connectivity index (χ0v) is 65.0. The number of rotatable bonds is 44. The summed E-state index contributed by atoms with van der Waals surface area (Å²) in [5.41, 5.74) is 4.68. The zero-order chi connectivity index (χ0) is 81.6. The molecule has 0 saturated carbocycles. The topological polar surface area (TPSA) is 415 Å². The van der Waals surface area contributed by atoms with Gasteiger partial charge >= 0.3 is 24.1 Å². The number of hydrogen-bond acceptors (Lipinski definition) is 23. The number of nitrogens with one attached hydrogen (secondary N) is 7. The van der Waals surface area contributed by atoms with E-state index < -0.39 is 120 Å². The van der Waals surface area contributed by atoms with Crippen molar-refractivity contribution in [2.24, 2.45) is 5.92 Å². The number of carboxylic acid groups (broad SMARTS) is 1. The van der Waals surface area contributed by atoms with Crippen molar-refractivity contribution in [3.05, 3.63) is 151 Å². The number of carboxylic acids is 1. The highest BCUT2D eigenvalue weighted by molar-refractivity contribution is 6.02. The highest BCUT2D eigenvalue weighted by atomic mass is 19.1. The van der Waals surface area contributed by atoms with E-state index in [1.54, 1.807) is 40.9 Å². The third-order valence-corrected chi connectivity index (χ3v) is 20.2. The molecule has 2 aromatic heterocycles. The number of methoxy groups -OCH3 is 1. The van der Waals surface area contributed by atoms with Gasteiger partial charge in [0, 0.05) is 65.4 Å². The molecule has 0 fully saturated rings. The Balaban J connectivity index is 0.741. The average Bonchev–Trinajstić information content (AvgIpc) is 1.24. The first-order valence-electron chi connectivity index (χ1n) is 38.2. The van der Waals surface area contributed by atoms with Gasteiger partial charge in [0.2, 0.25) is 23.6 Å². The van der Waals surface area contributed by atoms with Crippen LogP contribution in [-0.2, 0) is 113 Å². The van der Waals surface area contributed by atoms with Crippen molar-refractivity contribution in [1.29, 1.82) is 0 Å². The van der Waals surface area contributed by atoms with Gasteiger partial charge in [0.25, 0.3) is 11.5 Å². The number of aliphatic hydroxyl groups is 1. The minimum atomic E-state index is -2.11. The van der Waals surface area contributed by atoms with E-state index >= 15 is 4.39 Å². The van der Waals surface area contributed by atoms with Crippen molar-refractivity contribution < 1.29 is 110 Å². The largest absolute Gasteiger partial charge is 0.481 e. The number of ether oxygens (including phenoxy) is 11. The van der Waals surface area contributed by atoms with Gasteiger partial charge in [-0.3, -0.25) is 33.6 Å². The number of anilines is 1. The Labute approximate surface area is 657 Å². The number of esters is 1. The van der Waals surface area contributed by atoms with Gasteiger partial charge in [-0.15, -0.1) is 0 Å². The number of amides is 7. The van der Waals surface area contributed by atoms with Crippen LogP contribution in [0.15, 0.2) is 83.7 Å². The third-order valence-electron chi connectivity index (χ3n) is 20.2. The number of carbonyl (C=O) groups is 9. The highest BCUT2D eigenvalue weighted by Gasteiger charge is 2.46. The number of nitrogens with zero attached hydrogens (tertiary/aromatic N) is 2. The van der Waals surface area contributed by atoms with Crippen LogP contribution in [-0.4, -0.2) is 217 Å². The smallest absolute Gasteiger partial charge is 0.408 e. The van der Waals surface area contributed by atoms with Gasteiger partial charge in [0.1, 0.15) is 49.8 Å². The normalized spacial score (nSPS) is 16.1. The minimum absolute atomic E-state index is 0.0103. The number of benzene rings is 4. The Kier molecular flexibility index (Phi) is 31.0. The van der Waals surface area contributed by atoms with Crippen molar-refractivity contribution in [1.82, 2.24) is 41.5 Å². The molecular weight excluding hydrogens is 1490 g/mol. The Morgan fingerprint density at radius 1 is 0.675 bits per heavy atom. The number of fused-ring (bicyclic) bond motifs is 8. The zero-order valence-electron chi connectivity index (χ0n) is 65.0. The molecule has 4 aliphatic rings. The standard InChI is InChI=1S/C81H100FN9O23/c1-8-81(103)61-40-66-71-58(42-91(66)77(99)60(61)45-112-78(81)100)69-63(20-19-52-47(4)62(82)41-65(87-71)68(52)69)88-73(95)49(6)85-79(101)113-43-50-17-18-51(39-57(50)74(96)83-23-24-105-27-28-107-31-32-109-35-36-111-38-37-110-34-33-108-30-29-106-26-25-104-7)86-72(94)48(5)84-76(98)70(46(2)3)90-75(97)64(21-22-67(92)93)89-80(102)114-44-59-55-15-11-9-13-53(55)54-14-10-12-16-56(54)59/h9-18,39-41,46,48-49,59,63-64,70,103H,8,19-38,42-45H2,1-7H3,(H,83,96)(H,84,98)(H,85,101)(H,86,94)(H,88,95)(H,89,102)(H,90,97)(H,92,93)/t48-,49-,63-,64-,70-,81-/m0/s1. The second-order valence-corrected chi connectivity index (χ2v) is 28.2. The summed E-state index contributed by atoms with van der Waals surface area (Å²) in [4.78, 5) is 141. The summed E-state index contributed by atoms with van der Waals surface area (Å²) in [5, 5.41) is 40.5. The van der Waals surface area contributed by atoms with Crippen molar-refractivity contribution in [3.8, 4) is 22.5 Å². The van der Waals surface area contributed by atoms with Gasteiger partial charge < -0.3 is 104 Å². The molecule has 6 atom stereocenters. The van der Waals surface area contributed by atoms with E-state index in [1.807, 2.05) is 48.5 Å². The molecular formula is C81H100FN9O23. The molecule has 32 nitrogen and oxygen atoms in total. The molecule has 614 valence electrons. The molecule has 0 saturated heterocycles. The first kappa shape index (κ1) is 86.1. The van der Waals surface area contributed by atoms with E-state index in [1.165, 1.54) is 42.7 Å². The van der Waals surface area contributed by atoms with Crippen LogP contribution in [0.5, 0.6) is 0 Å². The third kappa shape index (κ3) is 21.5. The number of alkyl carbamates (subject to hydrolysis) is 2. The van der Waals surface area contributed by atoms with E-state index in [2.05, 4.69) is 37.2 Å². The number of aromatic nitrogens is 2. The summed E-state index contributed by atoms with van der Waals surface area (Å²) in [6, 6.07) is 16.4. The lowest BCUT2D eigenvalue weighted by molar-refractivity contribution is -0.172. The summed E-state index contributed by atoms with van der Waals surface area (Å²) < 4.78 is 77.3. The summed E-state index contributed by atoms with van der Waals surface area (Å²) in [5.74, 6) is -7.34. The van der Waals surface area contributed by atoms with Crippen LogP contribution in [0.1, 0.15) is 133 Å². The van der Waals surface area contributed by atoms with Crippen LogP contribution in [0.4, 0.5) is 19.7 Å². The minimum Gasteiger partial charge on any atom is -0.481 e. The van der Waals surface area contributed by atoms with Crippen molar-refractivity contribution in [2.45, 2.75) is 135 Å². The van der Waals surface area contributed by atoms with Gasteiger partial charge in [0.15, 0.2) is 5.60 Å². The predicted molar refractivity (Wildman–Crippen MR) is 409 cm³/mol. The fourth-order valence-corrected chi connectivity index (χ4v) is 14.0. The number of aliphatic carboxylic acids is 1. The Morgan fingerprint density at radius 3 is 1.86 bits per heavy atom. The molecule has 4 heterocycles. The lowest BCUT2D eigenvalue weighted by Gasteiger charge is -2.31.